The SMILES string of the molecule is CCc1nnc(SCC(=O)Nc2ccc(F)cc2)o1. The van der Waals surface area contributed by atoms with Crippen LogP contribution in [0.15, 0.2) is 33.9 Å². The van der Waals surface area contributed by atoms with Gasteiger partial charge in [0, 0.05) is 12.1 Å². The highest BCUT2D eigenvalue weighted by molar-refractivity contribution is 7.99. The fraction of sp³-hybridized carbons (Fsp3) is 0.250. The van der Waals surface area contributed by atoms with Gasteiger partial charge >= 0.3 is 0 Å². The molecule has 1 N–H and O–H groups in total. The first-order valence-electron chi connectivity index (χ1n) is 5.68. The summed E-state index contributed by atoms with van der Waals surface area (Å²) in [4.78, 5) is 11.6. The van der Waals surface area contributed by atoms with Gasteiger partial charge in [0.25, 0.3) is 5.22 Å². The van der Waals surface area contributed by atoms with E-state index in [1.54, 1.807) is 0 Å². The first-order chi connectivity index (χ1) is 9.17. The lowest BCUT2D eigenvalue weighted by Crippen LogP contribution is -2.13. The van der Waals surface area contributed by atoms with Crippen LogP contribution in [-0.4, -0.2) is 21.9 Å². The molecular weight excluding hydrogens is 269 g/mol. The van der Waals surface area contributed by atoms with Crippen LogP contribution in [0.2, 0.25) is 0 Å². The van der Waals surface area contributed by atoms with Gasteiger partial charge in [-0.15, -0.1) is 10.2 Å². The minimum atomic E-state index is -0.342. The Morgan fingerprint density at radius 1 is 1.37 bits per heavy atom. The van der Waals surface area contributed by atoms with Crippen LogP contribution in [0.3, 0.4) is 0 Å². The molecule has 1 heterocycles. The number of benzene rings is 1. The van der Waals surface area contributed by atoms with Gasteiger partial charge in [0.15, 0.2) is 0 Å². The van der Waals surface area contributed by atoms with Crippen LogP contribution >= 0.6 is 11.8 Å². The van der Waals surface area contributed by atoms with Gasteiger partial charge in [-0.1, -0.05) is 18.7 Å². The van der Waals surface area contributed by atoms with Gasteiger partial charge < -0.3 is 9.73 Å². The van der Waals surface area contributed by atoms with E-state index in [0.717, 1.165) is 11.8 Å². The van der Waals surface area contributed by atoms with E-state index >= 15 is 0 Å². The van der Waals surface area contributed by atoms with E-state index in [1.807, 2.05) is 6.92 Å². The first kappa shape index (κ1) is 13.5. The topological polar surface area (TPSA) is 68.0 Å². The summed E-state index contributed by atoms with van der Waals surface area (Å²) in [7, 11) is 0. The fourth-order valence-corrected chi connectivity index (χ4v) is 1.88. The Kier molecular flexibility index (Phi) is 4.51. The lowest BCUT2D eigenvalue weighted by atomic mass is 10.3. The molecule has 100 valence electrons. The highest BCUT2D eigenvalue weighted by Crippen LogP contribution is 2.17. The summed E-state index contributed by atoms with van der Waals surface area (Å²) in [5.74, 6) is 0.141. The number of anilines is 1. The van der Waals surface area contributed by atoms with Crippen molar-refractivity contribution in [2.24, 2.45) is 0 Å². The zero-order valence-corrected chi connectivity index (χ0v) is 11.0. The average molecular weight is 281 g/mol. The minimum Gasteiger partial charge on any atom is -0.416 e. The van der Waals surface area contributed by atoms with Crippen molar-refractivity contribution in [2.45, 2.75) is 18.6 Å². The lowest BCUT2D eigenvalue weighted by Gasteiger charge is -2.03. The molecule has 0 saturated carbocycles. The molecule has 0 atom stereocenters. The Balaban J connectivity index is 1.82. The standard InChI is InChI=1S/C12H12FN3O2S/c1-2-11-15-16-12(18-11)19-7-10(17)14-9-5-3-8(13)4-6-9/h3-6H,2,7H2,1H3,(H,14,17). The monoisotopic (exact) mass is 281 g/mol. The molecule has 2 rings (SSSR count). The minimum absolute atomic E-state index is 0.155. The molecule has 0 fully saturated rings. The van der Waals surface area contributed by atoms with E-state index < -0.39 is 0 Å². The van der Waals surface area contributed by atoms with Gasteiger partial charge in [0.2, 0.25) is 11.8 Å². The summed E-state index contributed by atoms with van der Waals surface area (Å²) in [6.45, 7) is 1.91. The normalized spacial score (nSPS) is 10.4. The highest BCUT2D eigenvalue weighted by Gasteiger charge is 2.09. The van der Waals surface area contributed by atoms with Gasteiger partial charge in [-0.2, -0.15) is 0 Å². The fourth-order valence-electron chi connectivity index (χ4n) is 1.30. The van der Waals surface area contributed by atoms with Crippen LogP contribution in [0, 0.1) is 5.82 Å². The third kappa shape index (κ3) is 4.06. The van der Waals surface area contributed by atoms with E-state index in [4.69, 9.17) is 4.42 Å². The molecule has 19 heavy (non-hydrogen) atoms. The van der Waals surface area contributed by atoms with Gasteiger partial charge in [-0.3, -0.25) is 4.79 Å². The molecular formula is C12H12FN3O2S. The van der Waals surface area contributed by atoms with Crippen molar-refractivity contribution in [1.29, 1.82) is 0 Å². The number of aromatic nitrogens is 2. The number of aryl methyl sites for hydroxylation is 1. The zero-order chi connectivity index (χ0) is 13.7. The van der Waals surface area contributed by atoms with Crippen molar-refractivity contribution in [3.8, 4) is 0 Å². The summed E-state index contributed by atoms with van der Waals surface area (Å²) in [5.41, 5.74) is 0.548. The quantitative estimate of drug-likeness (QED) is 0.853. The first-order valence-corrected chi connectivity index (χ1v) is 6.66. The number of hydrogen-bond acceptors (Lipinski definition) is 5. The van der Waals surface area contributed by atoms with Crippen molar-refractivity contribution >= 4 is 23.4 Å². The maximum Gasteiger partial charge on any atom is 0.277 e. The number of hydrogen-bond donors (Lipinski definition) is 1. The summed E-state index contributed by atoms with van der Waals surface area (Å²) in [6, 6.07) is 5.57. The van der Waals surface area contributed by atoms with Gasteiger partial charge in [-0.25, -0.2) is 4.39 Å². The Bertz CT molecular complexity index is 556. The Hall–Kier alpha value is -1.89. The lowest BCUT2D eigenvalue weighted by molar-refractivity contribution is -0.113. The van der Waals surface area contributed by atoms with Crippen molar-refractivity contribution in [1.82, 2.24) is 10.2 Å². The maximum atomic E-state index is 12.7. The average Bonchev–Trinajstić information content (AvgIpc) is 2.87. The number of nitrogens with one attached hydrogen (secondary N) is 1. The molecule has 1 amide bonds. The number of halogens is 1. The second kappa shape index (κ2) is 6.33. The molecule has 2 aromatic rings. The van der Waals surface area contributed by atoms with Crippen LogP contribution < -0.4 is 5.32 Å². The number of carbonyl (C=O) groups excluding carboxylic acids is 1. The maximum absolute atomic E-state index is 12.7. The number of nitrogens with zero attached hydrogens (tertiary/aromatic N) is 2. The largest absolute Gasteiger partial charge is 0.416 e. The predicted octanol–water partition coefficient (Wildman–Crippen LogP) is 2.50. The highest BCUT2D eigenvalue weighted by atomic mass is 32.2. The predicted molar refractivity (Wildman–Crippen MR) is 69.4 cm³/mol. The molecule has 0 saturated heterocycles. The van der Waals surface area contributed by atoms with E-state index in [2.05, 4.69) is 15.5 Å². The molecule has 0 aliphatic rings. The van der Waals surface area contributed by atoms with Crippen LogP contribution in [0.1, 0.15) is 12.8 Å². The van der Waals surface area contributed by atoms with Gasteiger partial charge in [-0.05, 0) is 24.3 Å². The van der Waals surface area contributed by atoms with Crippen LogP contribution in [-0.2, 0) is 11.2 Å². The van der Waals surface area contributed by atoms with Crippen LogP contribution in [0.25, 0.3) is 0 Å². The van der Waals surface area contributed by atoms with E-state index in [-0.39, 0.29) is 17.5 Å². The summed E-state index contributed by atoms with van der Waals surface area (Å²) in [6.07, 6.45) is 0.662. The molecule has 0 aliphatic carbocycles. The summed E-state index contributed by atoms with van der Waals surface area (Å²) in [5, 5.41) is 10.6. The number of thioether (sulfide) groups is 1. The number of carbonyl (C=O) groups is 1. The Morgan fingerprint density at radius 3 is 2.74 bits per heavy atom. The third-order valence-corrected chi connectivity index (χ3v) is 3.02. The van der Waals surface area contributed by atoms with Crippen molar-refractivity contribution < 1.29 is 13.6 Å². The van der Waals surface area contributed by atoms with E-state index in [0.29, 0.717) is 23.2 Å². The third-order valence-electron chi connectivity index (χ3n) is 2.21. The molecule has 7 heteroatoms. The molecule has 0 radical (unpaired) electrons. The van der Waals surface area contributed by atoms with Gasteiger partial charge in [0.05, 0.1) is 5.75 Å². The Labute approximate surface area is 113 Å². The van der Waals surface area contributed by atoms with Crippen molar-refractivity contribution in [2.75, 3.05) is 11.1 Å². The summed E-state index contributed by atoms with van der Waals surface area (Å²) < 4.78 is 17.9. The molecule has 1 aromatic carbocycles. The molecule has 5 nitrogen and oxygen atoms in total. The number of rotatable bonds is 5. The van der Waals surface area contributed by atoms with Crippen LogP contribution in [0.4, 0.5) is 10.1 Å². The van der Waals surface area contributed by atoms with Crippen molar-refractivity contribution in [3.63, 3.8) is 0 Å². The zero-order valence-electron chi connectivity index (χ0n) is 10.2. The smallest absolute Gasteiger partial charge is 0.277 e. The molecule has 0 spiro atoms. The van der Waals surface area contributed by atoms with Gasteiger partial charge in [0.1, 0.15) is 5.82 Å². The molecule has 0 unspecified atom stereocenters. The Morgan fingerprint density at radius 2 is 2.11 bits per heavy atom. The van der Waals surface area contributed by atoms with E-state index in [1.165, 1.54) is 24.3 Å². The van der Waals surface area contributed by atoms with Crippen molar-refractivity contribution in [3.05, 3.63) is 36.0 Å². The molecule has 0 bridgehead atoms. The second-order valence-corrected chi connectivity index (χ2v) is 4.59. The molecule has 0 aliphatic heterocycles. The molecule has 1 aromatic heterocycles. The second-order valence-electron chi connectivity index (χ2n) is 3.66. The van der Waals surface area contributed by atoms with Crippen LogP contribution in [0.5, 0.6) is 0 Å². The van der Waals surface area contributed by atoms with E-state index in [9.17, 15) is 9.18 Å². The number of amides is 1. The summed E-state index contributed by atoms with van der Waals surface area (Å²) >= 11 is 1.16.